The first-order chi connectivity index (χ1) is 10.7. The zero-order chi connectivity index (χ0) is 15.5. The number of nitrogens with one attached hydrogen (secondary N) is 1. The molecular formula is C14H16FN5O2. The van der Waals surface area contributed by atoms with Gasteiger partial charge in [0.1, 0.15) is 5.82 Å². The van der Waals surface area contributed by atoms with Crippen LogP contribution in [-0.2, 0) is 4.84 Å². The Morgan fingerprint density at radius 3 is 2.95 bits per heavy atom. The first-order valence-corrected chi connectivity index (χ1v) is 6.98. The molecule has 0 aliphatic carbocycles. The van der Waals surface area contributed by atoms with Gasteiger partial charge < -0.3 is 4.90 Å². The van der Waals surface area contributed by atoms with Gasteiger partial charge in [0.05, 0.1) is 36.3 Å². The van der Waals surface area contributed by atoms with Gasteiger partial charge in [-0.3, -0.25) is 9.63 Å². The molecule has 1 aromatic heterocycles. The van der Waals surface area contributed by atoms with E-state index in [1.54, 1.807) is 4.90 Å². The van der Waals surface area contributed by atoms with E-state index in [0.29, 0.717) is 25.4 Å². The Balaban J connectivity index is 1.99. The maximum absolute atomic E-state index is 13.6. The van der Waals surface area contributed by atoms with Crippen molar-refractivity contribution >= 4 is 5.91 Å². The first-order valence-electron chi connectivity index (χ1n) is 6.98. The minimum Gasteiger partial charge on any atom is -0.332 e. The van der Waals surface area contributed by atoms with Crippen LogP contribution in [0.5, 0.6) is 0 Å². The predicted octanol–water partition coefficient (Wildman–Crippen LogP) is 0.772. The third-order valence-corrected chi connectivity index (χ3v) is 3.50. The average molecular weight is 305 g/mol. The number of amides is 1. The maximum atomic E-state index is 13.6. The zero-order valence-electron chi connectivity index (χ0n) is 12.1. The summed E-state index contributed by atoms with van der Waals surface area (Å²) in [5.41, 5.74) is 3.44. The standard InChI is InChI=1S/C14H16FN5O2/c1-10-9-22-18-6-7-19(10)14(21)12-8-11(15)2-3-13(12)20-16-4-5-17-20/h2-5,8,10,18H,6-7,9H2,1H3/t10-/m1/s1. The molecule has 7 nitrogen and oxygen atoms in total. The van der Waals surface area contributed by atoms with Crippen LogP contribution in [0.15, 0.2) is 30.6 Å². The van der Waals surface area contributed by atoms with Crippen molar-refractivity contribution in [3.05, 3.63) is 42.0 Å². The van der Waals surface area contributed by atoms with E-state index < -0.39 is 5.82 Å². The molecule has 1 amide bonds. The second kappa shape index (κ2) is 6.20. The van der Waals surface area contributed by atoms with Gasteiger partial charge in [0.15, 0.2) is 0 Å². The van der Waals surface area contributed by atoms with Crippen LogP contribution in [-0.4, -0.2) is 51.5 Å². The molecule has 1 saturated heterocycles. The predicted molar refractivity (Wildman–Crippen MR) is 75.8 cm³/mol. The highest BCUT2D eigenvalue weighted by atomic mass is 19.1. The van der Waals surface area contributed by atoms with E-state index in [2.05, 4.69) is 15.7 Å². The molecule has 0 saturated carbocycles. The van der Waals surface area contributed by atoms with Gasteiger partial charge in [-0.05, 0) is 25.1 Å². The second-order valence-corrected chi connectivity index (χ2v) is 5.03. The third-order valence-electron chi connectivity index (χ3n) is 3.50. The highest BCUT2D eigenvalue weighted by Gasteiger charge is 2.26. The Kier molecular flexibility index (Phi) is 4.12. The SMILES string of the molecule is C[C@@H]1CONCCN1C(=O)c1cc(F)ccc1-n1nccn1. The number of hydrogen-bond donors (Lipinski definition) is 1. The number of hydrogen-bond acceptors (Lipinski definition) is 5. The van der Waals surface area contributed by atoms with Crippen LogP contribution in [0.3, 0.4) is 0 Å². The molecular weight excluding hydrogens is 289 g/mol. The van der Waals surface area contributed by atoms with Crippen molar-refractivity contribution in [1.82, 2.24) is 25.4 Å². The highest BCUT2D eigenvalue weighted by molar-refractivity contribution is 5.98. The van der Waals surface area contributed by atoms with Gasteiger partial charge in [0, 0.05) is 13.1 Å². The Morgan fingerprint density at radius 1 is 1.41 bits per heavy atom. The zero-order valence-corrected chi connectivity index (χ0v) is 12.1. The fourth-order valence-electron chi connectivity index (χ4n) is 2.38. The van der Waals surface area contributed by atoms with Gasteiger partial charge in [0.25, 0.3) is 5.91 Å². The number of benzene rings is 1. The van der Waals surface area contributed by atoms with Gasteiger partial charge in [-0.2, -0.15) is 15.0 Å². The summed E-state index contributed by atoms with van der Waals surface area (Å²) in [6.45, 7) is 3.25. The normalized spacial score (nSPS) is 19.0. The van der Waals surface area contributed by atoms with E-state index in [1.165, 1.54) is 35.4 Å². The fourth-order valence-corrected chi connectivity index (χ4v) is 2.38. The summed E-state index contributed by atoms with van der Waals surface area (Å²) in [6, 6.07) is 3.88. The lowest BCUT2D eigenvalue weighted by atomic mass is 10.1. The molecule has 0 radical (unpaired) electrons. The first kappa shape index (κ1) is 14.6. The molecule has 1 aromatic carbocycles. The topological polar surface area (TPSA) is 72.3 Å². The Bertz CT molecular complexity index is 661. The molecule has 0 bridgehead atoms. The van der Waals surface area contributed by atoms with E-state index in [4.69, 9.17) is 4.84 Å². The summed E-state index contributed by atoms with van der Waals surface area (Å²) in [4.78, 5) is 21.0. The molecule has 2 aromatic rings. The van der Waals surface area contributed by atoms with E-state index >= 15 is 0 Å². The largest absolute Gasteiger partial charge is 0.332 e. The molecule has 1 fully saturated rings. The van der Waals surface area contributed by atoms with Gasteiger partial charge in [-0.25, -0.2) is 9.87 Å². The lowest BCUT2D eigenvalue weighted by molar-refractivity contribution is 0.0346. The van der Waals surface area contributed by atoms with Crippen LogP contribution in [0.2, 0.25) is 0 Å². The summed E-state index contributed by atoms with van der Waals surface area (Å²) in [6.07, 6.45) is 3.01. The molecule has 1 aliphatic heterocycles. The lowest BCUT2D eigenvalue weighted by Gasteiger charge is -2.26. The van der Waals surface area contributed by atoms with E-state index in [0.717, 1.165) is 0 Å². The monoisotopic (exact) mass is 305 g/mol. The number of carbonyl (C=O) groups excluding carboxylic acids is 1. The molecule has 0 spiro atoms. The molecule has 116 valence electrons. The maximum Gasteiger partial charge on any atom is 0.256 e. The Morgan fingerprint density at radius 2 is 2.18 bits per heavy atom. The molecule has 3 rings (SSSR count). The average Bonchev–Trinajstić information content (AvgIpc) is 2.95. The van der Waals surface area contributed by atoms with Crippen molar-refractivity contribution in [1.29, 1.82) is 0 Å². The van der Waals surface area contributed by atoms with E-state index in [9.17, 15) is 9.18 Å². The summed E-state index contributed by atoms with van der Waals surface area (Å²) in [5, 5.41) is 8.03. The molecule has 1 aliphatic rings. The Labute approximate surface area is 126 Å². The van der Waals surface area contributed by atoms with Crippen molar-refractivity contribution in [2.24, 2.45) is 0 Å². The van der Waals surface area contributed by atoms with Crippen LogP contribution in [0, 0.1) is 5.82 Å². The number of rotatable bonds is 2. The van der Waals surface area contributed by atoms with E-state index in [1.807, 2.05) is 6.92 Å². The van der Waals surface area contributed by atoms with Crippen molar-refractivity contribution in [2.75, 3.05) is 19.7 Å². The summed E-state index contributed by atoms with van der Waals surface area (Å²) in [7, 11) is 0. The molecule has 22 heavy (non-hydrogen) atoms. The van der Waals surface area contributed by atoms with Gasteiger partial charge >= 0.3 is 0 Å². The van der Waals surface area contributed by atoms with Crippen LogP contribution in [0.1, 0.15) is 17.3 Å². The highest BCUT2D eigenvalue weighted by Crippen LogP contribution is 2.18. The van der Waals surface area contributed by atoms with Crippen LogP contribution < -0.4 is 5.48 Å². The van der Waals surface area contributed by atoms with Gasteiger partial charge in [0.2, 0.25) is 0 Å². The third kappa shape index (κ3) is 2.83. The van der Waals surface area contributed by atoms with Crippen molar-refractivity contribution in [3.8, 4) is 5.69 Å². The Hall–Kier alpha value is -2.32. The van der Waals surface area contributed by atoms with Crippen LogP contribution in [0.4, 0.5) is 4.39 Å². The fraction of sp³-hybridized carbons (Fsp3) is 0.357. The molecule has 0 unspecified atom stereocenters. The van der Waals surface area contributed by atoms with Crippen molar-refractivity contribution in [3.63, 3.8) is 0 Å². The minimum atomic E-state index is -0.476. The van der Waals surface area contributed by atoms with Crippen molar-refractivity contribution in [2.45, 2.75) is 13.0 Å². The molecule has 8 heteroatoms. The second-order valence-electron chi connectivity index (χ2n) is 5.03. The summed E-state index contributed by atoms with van der Waals surface area (Å²) in [5.74, 6) is -0.747. The number of nitrogens with zero attached hydrogens (tertiary/aromatic N) is 4. The van der Waals surface area contributed by atoms with Crippen molar-refractivity contribution < 1.29 is 14.0 Å². The number of halogens is 1. The molecule has 2 heterocycles. The summed E-state index contributed by atoms with van der Waals surface area (Å²) >= 11 is 0. The van der Waals surface area contributed by atoms with Crippen LogP contribution in [0.25, 0.3) is 5.69 Å². The lowest BCUT2D eigenvalue weighted by Crippen LogP contribution is -2.41. The van der Waals surface area contributed by atoms with Gasteiger partial charge in [-0.1, -0.05) is 0 Å². The van der Waals surface area contributed by atoms with E-state index in [-0.39, 0.29) is 17.5 Å². The quantitative estimate of drug-likeness (QED) is 0.887. The smallest absolute Gasteiger partial charge is 0.256 e. The molecule has 1 N–H and O–H groups in total. The minimum absolute atomic E-state index is 0.121. The van der Waals surface area contributed by atoms with Gasteiger partial charge in [-0.15, -0.1) is 0 Å². The summed E-state index contributed by atoms with van der Waals surface area (Å²) < 4.78 is 13.6. The molecule has 1 atom stereocenters. The number of carbonyl (C=O) groups is 1. The number of hydroxylamine groups is 1. The van der Waals surface area contributed by atoms with Crippen LogP contribution >= 0.6 is 0 Å². The number of aromatic nitrogens is 3.